The molecule has 0 spiro atoms. The van der Waals surface area contributed by atoms with E-state index in [4.69, 9.17) is 21.1 Å². The zero-order chi connectivity index (χ0) is 15.9. The molecule has 0 aliphatic heterocycles. The van der Waals surface area contributed by atoms with E-state index >= 15 is 0 Å². The highest BCUT2D eigenvalue weighted by Crippen LogP contribution is 2.29. The van der Waals surface area contributed by atoms with Crippen LogP contribution in [0.4, 0.5) is 5.69 Å². The molecular weight excluding hydrogens is 298 g/mol. The number of ether oxygens (including phenoxy) is 2. The molecule has 0 atom stereocenters. The molecule has 0 fully saturated rings. The fourth-order valence-corrected chi connectivity index (χ4v) is 2.26. The number of hydrogen-bond acceptors (Lipinski definition) is 3. The van der Waals surface area contributed by atoms with Crippen molar-refractivity contribution in [1.29, 1.82) is 0 Å². The van der Waals surface area contributed by atoms with Crippen molar-refractivity contribution in [2.24, 2.45) is 0 Å². The molecule has 0 aliphatic carbocycles. The van der Waals surface area contributed by atoms with Crippen LogP contribution in [-0.2, 0) is 6.54 Å². The molecule has 0 saturated heterocycles. The highest BCUT2D eigenvalue weighted by molar-refractivity contribution is 6.31. The zero-order valence-corrected chi connectivity index (χ0v) is 13.6. The summed E-state index contributed by atoms with van der Waals surface area (Å²) in [7, 11) is 1.63. The van der Waals surface area contributed by atoms with Crippen LogP contribution in [0.15, 0.2) is 49.1 Å². The standard InChI is InChI=1S/C18H20ClNO2/c1-4-10-22-17-9-8-14(11-18(17)21-3)12-20-16-7-5-6-15(19)13(16)2/h4-9,11,20H,1,10,12H2,2-3H3. The van der Waals surface area contributed by atoms with E-state index in [9.17, 15) is 0 Å². The van der Waals surface area contributed by atoms with Crippen LogP contribution in [0, 0.1) is 6.92 Å². The second-order valence-electron chi connectivity index (χ2n) is 4.85. The van der Waals surface area contributed by atoms with Crippen molar-refractivity contribution in [3.8, 4) is 11.5 Å². The third-order valence-electron chi connectivity index (χ3n) is 3.34. The quantitative estimate of drug-likeness (QED) is 0.742. The summed E-state index contributed by atoms with van der Waals surface area (Å²) >= 11 is 6.13. The highest BCUT2D eigenvalue weighted by atomic mass is 35.5. The van der Waals surface area contributed by atoms with Gasteiger partial charge in [-0.2, -0.15) is 0 Å². The normalized spacial score (nSPS) is 10.1. The second kappa shape index (κ2) is 7.76. The van der Waals surface area contributed by atoms with Gasteiger partial charge in [-0.25, -0.2) is 0 Å². The van der Waals surface area contributed by atoms with Gasteiger partial charge in [0.05, 0.1) is 7.11 Å². The summed E-state index contributed by atoms with van der Waals surface area (Å²) in [4.78, 5) is 0. The maximum absolute atomic E-state index is 6.13. The molecule has 4 heteroatoms. The fraction of sp³-hybridized carbons (Fsp3) is 0.222. The average Bonchev–Trinajstić information content (AvgIpc) is 2.54. The molecule has 22 heavy (non-hydrogen) atoms. The number of rotatable bonds is 7. The fourth-order valence-electron chi connectivity index (χ4n) is 2.09. The maximum atomic E-state index is 6.13. The molecule has 2 aromatic rings. The van der Waals surface area contributed by atoms with Crippen molar-refractivity contribution in [2.75, 3.05) is 19.0 Å². The summed E-state index contributed by atoms with van der Waals surface area (Å²) < 4.78 is 10.9. The van der Waals surface area contributed by atoms with Gasteiger partial charge >= 0.3 is 0 Å². The third-order valence-corrected chi connectivity index (χ3v) is 3.74. The van der Waals surface area contributed by atoms with Gasteiger partial charge in [-0.3, -0.25) is 0 Å². The van der Waals surface area contributed by atoms with Gasteiger partial charge in [0.2, 0.25) is 0 Å². The molecule has 0 radical (unpaired) electrons. The summed E-state index contributed by atoms with van der Waals surface area (Å²) in [6.45, 7) is 6.77. The van der Waals surface area contributed by atoms with E-state index in [0.717, 1.165) is 21.8 Å². The van der Waals surface area contributed by atoms with Gasteiger partial charge in [0.25, 0.3) is 0 Å². The molecular formula is C18H20ClNO2. The van der Waals surface area contributed by atoms with Gasteiger partial charge in [0, 0.05) is 17.3 Å². The summed E-state index contributed by atoms with van der Waals surface area (Å²) in [6.07, 6.45) is 1.71. The Morgan fingerprint density at radius 1 is 1.23 bits per heavy atom. The van der Waals surface area contributed by atoms with Crippen LogP contribution in [-0.4, -0.2) is 13.7 Å². The Balaban J connectivity index is 2.09. The molecule has 0 heterocycles. The van der Waals surface area contributed by atoms with Crippen molar-refractivity contribution < 1.29 is 9.47 Å². The SMILES string of the molecule is C=CCOc1ccc(CNc2cccc(Cl)c2C)cc1OC. The maximum Gasteiger partial charge on any atom is 0.161 e. The van der Waals surface area contributed by atoms with Crippen LogP contribution in [0.5, 0.6) is 11.5 Å². The lowest BCUT2D eigenvalue weighted by Crippen LogP contribution is -2.02. The first-order valence-electron chi connectivity index (χ1n) is 7.05. The van der Waals surface area contributed by atoms with Crippen LogP contribution in [0.25, 0.3) is 0 Å². The molecule has 0 aliphatic rings. The minimum atomic E-state index is 0.454. The average molecular weight is 318 g/mol. The Bertz CT molecular complexity index is 656. The molecule has 0 bridgehead atoms. The van der Waals surface area contributed by atoms with E-state index in [1.54, 1.807) is 13.2 Å². The van der Waals surface area contributed by atoms with E-state index in [2.05, 4.69) is 11.9 Å². The first kappa shape index (κ1) is 16.2. The molecule has 2 rings (SSSR count). The van der Waals surface area contributed by atoms with Gasteiger partial charge in [-0.05, 0) is 42.3 Å². The van der Waals surface area contributed by atoms with Gasteiger partial charge in [0.15, 0.2) is 11.5 Å². The van der Waals surface area contributed by atoms with Gasteiger partial charge < -0.3 is 14.8 Å². The summed E-state index contributed by atoms with van der Waals surface area (Å²) in [6, 6.07) is 11.7. The van der Waals surface area contributed by atoms with Crippen LogP contribution in [0.3, 0.4) is 0 Å². The Hall–Kier alpha value is -2.13. The number of nitrogens with one attached hydrogen (secondary N) is 1. The molecule has 116 valence electrons. The lowest BCUT2D eigenvalue weighted by Gasteiger charge is -2.13. The smallest absolute Gasteiger partial charge is 0.161 e. The van der Waals surface area contributed by atoms with Crippen molar-refractivity contribution in [2.45, 2.75) is 13.5 Å². The predicted octanol–water partition coefficient (Wildman–Crippen LogP) is 4.83. The second-order valence-corrected chi connectivity index (χ2v) is 5.26. The Morgan fingerprint density at radius 2 is 2.05 bits per heavy atom. The molecule has 0 amide bonds. The topological polar surface area (TPSA) is 30.5 Å². The van der Waals surface area contributed by atoms with E-state index in [0.29, 0.717) is 24.7 Å². The number of anilines is 1. The first-order valence-corrected chi connectivity index (χ1v) is 7.43. The summed E-state index contributed by atoms with van der Waals surface area (Å²) in [5.74, 6) is 1.43. The lowest BCUT2D eigenvalue weighted by molar-refractivity contribution is 0.326. The van der Waals surface area contributed by atoms with Crippen LogP contribution < -0.4 is 14.8 Å². The molecule has 3 nitrogen and oxygen atoms in total. The van der Waals surface area contributed by atoms with E-state index in [1.807, 2.05) is 43.3 Å². The van der Waals surface area contributed by atoms with Crippen molar-refractivity contribution >= 4 is 17.3 Å². The molecule has 0 unspecified atom stereocenters. The van der Waals surface area contributed by atoms with Crippen molar-refractivity contribution in [1.82, 2.24) is 0 Å². The van der Waals surface area contributed by atoms with Gasteiger partial charge in [-0.15, -0.1) is 0 Å². The first-order chi connectivity index (χ1) is 10.7. The predicted molar refractivity (Wildman–Crippen MR) is 92.2 cm³/mol. The Labute approximate surface area is 136 Å². The number of halogens is 1. The van der Waals surface area contributed by atoms with Crippen LogP contribution >= 0.6 is 11.6 Å². The molecule has 0 saturated carbocycles. The monoisotopic (exact) mass is 317 g/mol. The van der Waals surface area contributed by atoms with Gasteiger partial charge in [-0.1, -0.05) is 36.4 Å². The highest BCUT2D eigenvalue weighted by Gasteiger charge is 2.06. The van der Waals surface area contributed by atoms with Crippen LogP contribution in [0.2, 0.25) is 5.02 Å². The van der Waals surface area contributed by atoms with Gasteiger partial charge in [0.1, 0.15) is 6.61 Å². The number of hydrogen-bond donors (Lipinski definition) is 1. The Morgan fingerprint density at radius 3 is 2.77 bits per heavy atom. The molecule has 2 aromatic carbocycles. The Kier molecular flexibility index (Phi) is 5.73. The van der Waals surface area contributed by atoms with E-state index in [-0.39, 0.29) is 0 Å². The number of methoxy groups -OCH3 is 1. The zero-order valence-electron chi connectivity index (χ0n) is 12.9. The van der Waals surface area contributed by atoms with Crippen molar-refractivity contribution in [3.05, 3.63) is 65.2 Å². The van der Waals surface area contributed by atoms with E-state index in [1.165, 1.54) is 0 Å². The summed E-state index contributed by atoms with van der Waals surface area (Å²) in [5, 5.41) is 4.15. The number of benzene rings is 2. The lowest BCUT2D eigenvalue weighted by atomic mass is 10.1. The van der Waals surface area contributed by atoms with E-state index < -0.39 is 0 Å². The summed E-state index contributed by atoms with van der Waals surface area (Å²) in [5.41, 5.74) is 3.17. The largest absolute Gasteiger partial charge is 0.493 e. The minimum absolute atomic E-state index is 0.454. The molecule has 1 N–H and O–H groups in total. The third kappa shape index (κ3) is 3.95. The molecule has 0 aromatic heterocycles. The van der Waals surface area contributed by atoms with Crippen LogP contribution in [0.1, 0.15) is 11.1 Å². The van der Waals surface area contributed by atoms with Crippen molar-refractivity contribution in [3.63, 3.8) is 0 Å². The minimum Gasteiger partial charge on any atom is -0.493 e.